The van der Waals surface area contributed by atoms with Crippen molar-refractivity contribution in [2.24, 2.45) is 5.92 Å². The molecule has 0 unspecified atom stereocenters. The van der Waals surface area contributed by atoms with E-state index in [1.54, 1.807) is 0 Å². The first-order valence-electron chi connectivity index (χ1n) is 7.46. The smallest absolute Gasteiger partial charge is 0.225 e. The zero-order valence-corrected chi connectivity index (χ0v) is 11.1. The molecule has 0 spiro atoms. The fourth-order valence-corrected chi connectivity index (χ4v) is 3.47. The number of likely N-dealkylation sites (tertiary alicyclic amines) is 2. The molecule has 2 saturated heterocycles. The average molecular weight is 252 g/mol. The van der Waals surface area contributed by atoms with E-state index in [4.69, 9.17) is 0 Å². The van der Waals surface area contributed by atoms with E-state index < -0.39 is 0 Å². The minimum absolute atomic E-state index is 0.189. The van der Waals surface area contributed by atoms with Gasteiger partial charge in [-0.1, -0.05) is 12.8 Å². The van der Waals surface area contributed by atoms with Crippen LogP contribution in [0.2, 0.25) is 0 Å². The number of piperidine rings is 1. The standard InChI is InChI=1S/C14H24N2O2/c17-13-10-16(14(18)11-5-4-6-11)9-12(13)15-7-2-1-3-8-15/h11-13,17H,1-10H2/t12-,13-/m0/s1. The van der Waals surface area contributed by atoms with E-state index >= 15 is 0 Å². The molecule has 1 aliphatic carbocycles. The molecule has 0 aromatic heterocycles. The van der Waals surface area contributed by atoms with Gasteiger partial charge in [-0.25, -0.2) is 0 Å². The van der Waals surface area contributed by atoms with Crippen LogP contribution in [0.15, 0.2) is 0 Å². The van der Waals surface area contributed by atoms with E-state index in [-0.39, 0.29) is 18.1 Å². The lowest BCUT2D eigenvalue weighted by Crippen LogP contribution is -2.46. The largest absolute Gasteiger partial charge is 0.390 e. The molecule has 1 saturated carbocycles. The van der Waals surface area contributed by atoms with Crippen molar-refractivity contribution in [2.75, 3.05) is 26.2 Å². The number of amides is 1. The highest BCUT2D eigenvalue weighted by molar-refractivity contribution is 5.80. The summed E-state index contributed by atoms with van der Waals surface area (Å²) in [7, 11) is 0. The van der Waals surface area contributed by atoms with Gasteiger partial charge in [-0.2, -0.15) is 0 Å². The third kappa shape index (κ3) is 2.28. The number of aliphatic hydroxyl groups excluding tert-OH is 1. The normalized spacial score (nSPS) is 34.6. The quantitative estimate of drug-likeness (QED) is 0.792. The van der Waals surface area contributed by atoms with Crippen molar-refractivity contribution in [3.63, 3.8) is 0 Å². The third-order valence-electron chi connectivity index (χ3n) is 4.88. The number of rotatable bonds is 2. The van der Waals surface area contributed by atoms with E-state index in [2.05, 4.69) is 4.90 Å². The van der Waals surface area contributed by atoms with Crippen molar-refractivity contribution in [2.45, 2.75) is 50.7 Å². The Balaban J connectivity index is 1.58. The third-order valence-corrected chi connectivity index (χ3v) is 4.88. The molecule has 4 heteroatoms. The van der Waals surface area contributed by atoms with Crippen LogP contribution < -0.4 is 0 Å². The molecule has 102 valence electrons. The van der Waals surface area contributed by atoms with Crippen LogP contribution in [0.1, 0.15) is 38.5 Å². The molecule has 0 bridgehead atoms. The molecule has 2 heterocycles. The molecule has 2 aliphatic heterocycles. The van der Waals surface area contributed by atoms with Crippen LogP contribution in [0.5, 0.6) is 0 Å². The van der Waals surface area contributed by atoms with Crippen molar-refractivity contribution in [1.82, 2.24) is 9.80 Å². The predicted octanol–water partition coefficient (Wildman–Crippen LogP) is 0.844. The summed E-state index contributed by atoms with van der Waals surface area (Å²) in [4.78, 5) is 16.5. The second-order valence-electron chi connectivity index (χ2n) is 6.10. The average Bonchev–Trinajstić information content (AvgIpc) is 2.70. The van der Waals surface area contributed by atoms with Crippen LogP contribution >= 0.6 is 0 Å². The van der Waals surface area contributed by atoms with Crippen LogP contribution in [-0.2, 0) is 4.79 Å². The Morgan fingerprint density at radius 1 is 1.00 bits per heavy atom. The second-order valence-corrected chi connectivity index (χ2v) is 6.10. The molecule has 4 nitrogen and oxygen atoms in total. The first kappa shape index (κ1) is 12.4. The van der Waals surface area contributed by atoms with Crippen LogP contribution in [0.4, 0.5) is 0 Å². The number of hydrogen-bond acceptors (Lipinski definition) is 3. The maximum atomic E-state index is 12.2. The Kier molecular flexibility index (Phi) is 3.57. The highest BCUT2D eigenvalue weighted by Gasteiger charge is 2.40. The molecular formula is C14H24N2O2. The Hall–Kier alpha value is -0.610. The van der Waals surface area contributed by atoms with Crippen LogP contribution in [0, 0.1) is 5.92 Å². The number of nitrogens with zero attached hydrogens (tertiary/aromatic N) is 2. The van der Waals surface area contributed by atoms with Crippen molar-refractivity contribution < 1.29 is 9.90 Å². The SMILES string of the molecule is O=C(C1CCC1)N1C[C@H](O)[C@@H](N2CCCCC2)C1. The van der Waals surface area contributed by atoms with E-state index in [9.17, 15) is 9.90 Å². The summed E-state index contributed by atoms with van der Waals surface area (Å²) in [6, 6.07) is 0.189. The van der Waals surface area contributed by atoms with Gasteiger partial charge in [-0.15, -0.1) is 0 Å². The van der Waals surface area contributed by atoms with Gasteiger partial charge in [-0.3, -0.25) is 9.69 Å². The van der Waals surface area contributed by atoms with E-state index in [1.807, 2.05) is 4.90 Å². The molecule has 18 heavy (non-hydrogen) atoms. The van der Waals surface area contributed by atoms with Gasteiger partial charge >= 0.3 is 0 Å². The number of hydrogen-bond donors (Lipinski definition) is 1. The van der Waals surface area contributed by atoms with Gasteiger partial charge < -0.3 is 10.0 Å². The molecule has 3 aliphatic rings. The number of β-amino-alcohol motifs (C(OH)–C–C–N with tert-alkyl or cyclic N) is 1. The molecule has 0 aromatic rings. The summed E-state index contributed by atoms with van der Waals surface area (Å²) < 4.78 is 0. The Morgan fingerprint density at radius 2 is 1.72 bits per heavy atom. The Bertz CT molecular complexity index is 311. The Labute approximate surface area is 109 Å². The first-order valence-corrected chi connectivity index (χ1v) is 7.46. The topological polar surface area (TPSA) is 43.8 Å². The summed E-state index contributed by atoms with van der Waals surface area (Å²) in [6.07, 6.45) is 6.75. The summed E-state index contributed by atoms with van der Waals surface area (Å²) >= 11 is 0. The number of carbonyl (C=O) groups excluding carboxylic acids is 1. The van der Waals surface area contributed by atoms with E-state index in [0.717, 1.165) is 32.5 Å². The lowest BCUT2D eigenvalue weighted by molar-refractivity contribution is -0.137. The lowest BCUT2D eigenvalue weighted by atomic mass is 9.84. The maximum Gasteiger partial charge on any atom is 0.225 e. The van der Waals surface area contributed by atoms with Gasteiger partial charge in [-0.05, 0) is 38.8 Å². The van der Waals surface area contributed by atoms with E-state index in [0.29, 0.717) is 12.5 Å². The monoisotopic (exact) mass is 252 g/mol. The van der Waals surface area contributed by atoms with Gasteiger partial charge in [0.2, 0.25) is 5.91 Å². The second kappa shape index (κ2) is 5.17. The summed E-state index contributed by atoms with van der Waals surface area (Å²) in [5.74, 6) is 0.553. The van der Waals surface area contributed by atoms with Crippen molar-refractivity contribution in [3.05, 3.63) is 0 Å². The highest BCUT2D eigenvalue weighted by atomic mass is 16.3. The number of aliphatic hydroxyl groups is 1. The summed E-state index contributed by atoms with van der Waals surface area (Å²) in [5.41, 5.74) is 0. The molecule has 1 amide bonds. The fraction of sp³-hybridized carbons (Fsp3) is 0.929. The fourth-order valence-electron chi connectivity index (χ4n) is 3.47. The molecular weight excluding hydrogens is 228 g/mol. The van der Waals surface area contributed by atoms with Crippen molar-refractivity contribution in [1.29, 1.82) is 0 Å². The Morgan fingerprint density at radius 3 is 2.33 bits per heavy atom. The molecule has 2 atom stereocenters. The van der Waals surface area contributed by atoms with Crippen molar-refractivity contribution >= 4 is 5.91 Å². The molecule has 0 aromatic carbocycles. The van der Waals surface area contributed by atoms with Gasteiger partial charge in [0.15, 0.2) is 0 Å². The minimum Gasteiger partial charge on any atom is -0.390 e. The van der Waals surface area contributed by atoms with Crippen LogP contribution in [0.3, 0.4) is 0 Å². The van der Waals surface area contributed by atoms with Gasteiger partial charge in [0.25, 0.3) is 0 Å². The highest BCUT2D eigenvalue weighted by Crippen LogP contribution is 2.30. The van der Waals surface area contributed by atoms with Gasteiger partial charge in [0, 0.05) is 19.0 Å². The molecule has 0 radical (unpaired) electrons. The number of carbonyl (C=O) groups is 1. The van der Waals surface area contributed by atoms with Crippen molar-refractivity contribution in [3.8, 4) is 0 Å². The summed E-state index contributed by atoms with van der Waals surface area (Å²) in [6.45, 7) is 3.48. The zero-order chi connectivity index (χ0) is 12.5. The van der Waals surface area contributed by atoms with E-state index in [1.165, 1.54) is 25.7 Å². The van der Waals surface area contributed by atoms with Crippen LogP contribution in [-0.4, -0.2) is 59.1 Å². The minimum atomic E-state index is -0.341. The first-order chi connectivity index (χ1) is 8.75. The molecule has 3 rings (SSSR count). The molecule has 3 fully saturated rings. The predicted molar refractivity (Wildman–Crippen MR) is 69.1 cm³/mol. The lowest BCUT2D eigenvalue weighted by Gasteiger charge is -2.34. The van der Waals surface area contributed by atoms with Crippen LogP contribution in [0.25, 0.3) is 0 Å². The maximum absolute atomic E-state index is 12.2. The summed E-state index contributed by atoms with van der Waals surface area (Å²) in [5, 5.41) is 10.2. The van der Waals surface area contributed by atoms with Gasteiger partial charge in [0.1, 0.15) is 0 Å². The van der Waals surface area contributed by atoms with Gasteiger partial charge in [0.05, 0.1) is 12.1 Å². The molecule has 1 N–H and O–H groups in total. The zero-order valence-electron chi connectivity index (χ0n) is 11.1.